The molecule has 4 rings (SSSR count). The molecule has 2 heterocycles. The van der Waals surface area contributed by atoms with Crippen LogP contribution in [0.3, 0.4) is 0 Å². The normalized spacial score (nSPS) is 17.4. The first-order valence-electron chi connectivity index (χ1n) is 10.8. The van der Waals surface area contributed by atoms with Gasteiger partial charge in [-0.2, -0.15) is 4.31 Å². The van der Waals surface area contributed by atoms with E-state index in [1.807, 2.05) is 0 Å². The molecule has 2 amide bonds. The maximum absolute atomic E-state index is 13.2. The predicted molar refractivity (Wildman–Crippen MR) is 125 cm³/mol. The molecule has 176 valence electrons. The average Bonchev–Trinajstić information content (AvgIpc) is 2.80. The van der Waals surface area contributed by atoms with Gasteiger partial charge < -0.3 is 10.1 Å². The number of benzene rings is 2. The summed E-state index contributed by atoms with van der Waals surface area (Å²) in [5.41, 5.74) is 1.14. The standard InChI is InChI=1S/C23H26ClN3O5S/c1-16-8-10-26(11-9-16)33(30,31)19-6-7-21-20(12-19)27(23(29)15-32-21)14-22(28)25-13-17-2-4-18(24)5-3-17/h2-7,12,16H,8-11,13-15H2,1H3,(H,25,28). The highest BCUT2D eigenvalue weighted by Gasteiger charge is 2.32. The molecule has 1 fully saturated rings. The van der Waals surface area contributed by atoms with Crippen molar-refractivity contribution >= 4 is 39.1 Å². The fourth-order valence-electron chi connectivity index (χ4n) is 3.89. The molecule has 1 N–H and O–H groups in total. The van der Waals surface area contributed by atoms with Crippen molar-refractivity contribution in [3.63, 3.8) is 0 Å². The van der Waals surface area contributed by atoms with Gasteiger partial charge in [0.25, 0.3) is 5.91 Å². The molecule has 1 saturated heterocycles. The van der Waals surface area contributed by atoms with E-state index in [9.17, 15) is 18.0 Å². The van der Waals surface area contributed by atoms with Crippen LogP contribution >= 0.6 is 11.6 Å². The van der Waals surface area contributed by atoms with Crippen LogP contribution < -0.4 is 15.0 Å². The SMILES string of the molecule is CC1CCN(S(=O)(=O)c2ccc3c(c2)N(CC(=O)NCc2ccc(Cl)cc2)C(=O)CO3)CC1. The first-order chi connectivity index (χ1) is 15.7. The second-order valence-electron chi connectivity index (χ2n) is 8.39. The Bertz CT molecular complexity index is 1150. The average molecular weight is 492 g/mol. The van der Waals surface area contributed by atoms with Crippen molar-refractivity contribution < 1.29 is 22.7 Å². The van der Waals surface area contributed by atoms with E-state index in [2.05, 4.69) is 12.2 Å². The molecule has 0 aromatic heterocycles. The predicted octanol–water partition coefficient (Wildman–Crippen LogP) is 2.80. The van der Waals surface area contributed by atoms with E-state index in [1.54, 1.807) is 30.3 Å². The van der Waals surface area contributed by atoms with Gasteiger partial charge in [-0.25, -0.2) is 8.42 Å². The summed E-state index contributed by atoms with van der Waals surface area (Å²) in [6, 6.07) is 11.5. The Morgan fingerprint density at radius 2 is 1.85 bits per heavy atom. The summed E-state index contributed by atoms with van der Waals surface area (Å²) < 4.78 is 33.3. The van der Waals surface area contributed by atoms with Crippen molar-refractivity contribution in [3.8, 4) is 5.75 Å². The van der Waals surface area contributed by atoms with Gasteiger partial charge in [-0.15, -0.1) is 0 Å². The summed E-state index contributed by atoms with van der Waals surface area (Å²) in [5.74, 6) is 0.0779. The molecule has 2 aromatic rings. The Kier molecular flexibility index (Phi) is 6.92. The summed E-state index contributed by atoms with van der Waals surface area (Å²) in [5, 5.41) is 3.38. The lowest BCUT2D eigenvalue weighted by Gasteiger charge is -2.31. The van der Waals surface area contributed by atoms with Crippen LogP contribution in [0, 0.1) is 5.92 Å². The van der Waals surface area contributed by atoms with Crippen molar-refractivity contribution in [2.75, 3.05) is 31.1 Å². The lowest BCUT2D eigenvalue weighted by molar-refractivity contribution is -0.125. The summed E-state index contributed by atoms with van der Waals surface area (Å²) >= 11 is 5.88. The van der Waals surface area contributed by atoms with Gasteiger partial charge in [0.15, 0.2) is 6.61 Å². The van der Waals surface area contributed by atoms with Gasteiger partial charge in [-0.05, 0) is 54.7 Å². The molecular weight excluding hydrogens is 466 g/mol. The zero-order chi connectivity index (χ0) is 23.6. The second-order valence-corrected chi connectivity index (χ2v) is 10.8. The molecule has 0 radical (unpaired) electrons. The van der Waals surface area contributed by atoms with Crippen LogP contribution in [0.1, 0.15) is 25.3 Å². The van der Waals surface area contributed by atoms with Gasteiger partial charge in [-0.3, -0.25) is 14.5 Å². The number of rotatable bonds is 6. The number of fused-ring (bicyclic) bond motifs is 1. The maximum Gasteiger partial charge on any atom is 0.265 e. The van der Waals surface area contributed by atoms with Crippen molar-refractivity contribution in [2.45, 2.75) is 31.2 Å². The van der Waals surface area contributed by atoms with Crippen molar-refractivity contribution in [1.29, 1.82) is 0 Å². The van der Waals surface area contributed by atoms with Gasteiger partial charge in [0.2, 0.25) is 15.9 Å². The van der Waals surface area contributed by atoms with Crippen molar-refractivity contribution in [1.82, 2.24) is 9.62 Å². The Balaban J connectivity index is 1.51. The number of sulfonamides is 1. The number of hydrogen-bond donors (Lipinski definition) is 1. The van der Waals surface area contributed by atoms with E-state index in [0.29, 0.717) is 29.8 Å². The van der Waals surface area contributed by atoms with Gasteiger partial charge in [0.05, 0.1) is 10.6 Å². The highest BCUT2D eigenvalue weighted by Crippen LogP contribution is 2.35. The molecule has 2 aliphatic heterocycles. The number of amides is 2. The van der Waals surface area contributed by atoms with Crippen LogP contribution in [0.2, 0.25) is 5.02 Å². The highest BCUT2D eigenvalue weighted by atomic mass is 35.5. The lowest BCUT2D eigenvalue weighted by atomic mass is 10.0. The number of anilines is 1. The largest absolute Gasteiger partial charge is 0.482 e. The topological polar surface area (TPSA) is 96.0 Å². The van der Waals surface area contributed by atoms with Gasteiger partial charge in [0, 0.05) is 24.7 Å². The summed E-state index contributed by atoms with van der Waals surface area (Å²) in [6.07, 6.45) is 1.62. The van der Waals surface area contributed by atoms with Crippen LogP contribution in [0.25, 0.3) is 0 Å². The number of carbonyl (C=O) groups is 2. The van der Waals surface area contributed by atoms with E-state index in [-0.39, 0.29) is 36.2 Å². The summed E-state index contributed by atoms with van der Waals surface area (Å²) in [4.78, 5) is 26.5. The highest BCUT2D eigenvalue weighted by molar-refractivity contribution is 7.89. The first kappa shape index (κ1) is 23.5. The van der Waals surface area contributed by atoms with E-state index in [1.165, 1.54) is 21.3 Å². The lowest BCUT2D eigenvalue weighted by Crippen LogP contribution is -2.45. The molecule has 2 aromatic carbocycles. The van der Waals surface area contributed by atoms with Crippen molar-refractivity contribution in [2.24, 2.45) is 5.92 Å². The summed E-state index contributed by atoms with van der Waals surface area (Å²) in [6.45, 7) is 2.87. The third kappa shape index (κ3) is 5.31. The van der Waals surface area contributed by atoms with Crippen molar-refractivity contribution in [3.05, 3.63) is 53.1 Å². The van der Waals surface area contributed by atoms with E-state index >= 15 is 0 Å². The smallest absolute Gasteiger partial charge is 0.265 e. The molecule has 0 atom stereocenters. The Hall–Kier alpha value is -2.62. The monoisotopic (exact) mass is 491 g/mol. The molecule has 0 bridgehead atoms. The molecule has 0 spiro atoms. The third-order valence-corrected chi connectivity index (χ3v) is 8.11. The number of carbonyl (C=O) groups excluding carboxylic acids is 2. The Morgan fingerprint density at radius 1 is 1.15 bits per heavy atom. The quantitative estimate of drug-likeness (QED) is 0.670. The second kappa shape index (κ2) is 9.70. The maximum atomic E-state index is 13.2. The van der Waals surface area contributed by atoms with Crippen LogP contribution in [0.15, 0.2) is 47.4 Å². The fourth-order valence-corrected chi connectivity index (χ4v) is 5.51. The van der Waals surface area contributed by atoms with Crippen LogP contribution in [-0.4, -0.2) is 50.8 Å². The zero-order valence-corrected chi connectivity index (χ0v) is 19.9. The minimum absolute atomic E-state index is 0.0840. The van der Waals surface area contributed by atoms with Crippen LogP contribution in [0.5, 0.6) is 5.75 Å². The van der Waals surface area contributed by atoms with Gasteiger partial charge in [0.1, 0.15) is 12.3 Å². The molecule has 0 aliphatic carbocycles. The fraction of sp³-hybridized carbons (Fsp3) is 0.391. The molecule has 8 nitrogen and oxygen atoms in total. The molecule has 10 heteroatoms. The number of halogens is 1. The minimum atomic E-state index is -3.71. The Morgan fingerprint density at radius 3 is 2.55 bits per heavy atom. The number of hydrogen-bond acceptors (Lipinski definition) is 5. The zero-order valence-electron chi connectivity index (χ0n) is 18.3. The van der Waals surface area contributed by atoms with Gasteiger partial charge >= 0.3 is 0 Å². The number of ether oxygens (including phenoxy) is 1. The number of piperidine rings is 1. The molecule has 0 unspecified atom stereocenters. The molecular formula is C23H26ClN3O5S. The van der Waals surface area contributed by atoms with E-state index < -0.39 is 15.9 Å². The van der Waals surface area contributed by atoms with E-state index in [0.717, 1.165) is 18.4 Å². The Labute approximate surface area is 198 Å². The third-order valence-electron chi connectivity index (χ3n) is 5.96. The molecule has 0 saturated carbocycles. The van der Waals surface area contributed by atoms with Crippen LogP contribution in [-0.2, 0) is 26.2 Å². The van der Waals surface area contributed by atoms with E-state index in [4.69, 9.17) is 16.3 Å². The minimum Gasteiger partial charge on any atom is -0.482 e. The van der Waals surface area contributed by atoms with Crippen LogP contribution in [0.4, 0.5) is 5.69 Å². The first-order valence-corrected chi connectivity index (χ1v) is 12.6. The number of nitrogens with zero attached hydrogens (tertiary/aromatic N) is 2. The summed E-state index contributed by atoms with van der Waals surface area (Å²) in [7, 11) is -3.71. The number of nitrogens with one attached hydrogen (secondary N) is 1. The van der Waals surface area contributed by atoms with Gasteiger partial charge in [-0.1, -0.05) is 30.7 Å². The molecule has 2 aliphatic rings. The molecule has 33 heavy (non-hydrogen) atoms.